The zero-order chi connectivity index (χ0) is 14.7. The van der Waals surface area contributed by atoms with Gasteiger partial charge in [0.25, 0.3) is 0 Å². The highest BCUT2D eigenvalue weighted by Crippen LogP contribution is 2.21. The molecule has 0 radical (unpaired) electrons. The molecule has 102 valence electrons. The Morgan fingerprint density at radius 1 is 1.10 bits per heavy atom. The molecule has 0 fully saturated rings. The van der Waals surface area contributed by atoms with E-state index in [1.165, 1.54) is 4.90 Å². The predicted molar refractivity (Wildman–Crippen MR) is 83.2 cm³/mol. The third-order valence-corrected chi connectivity index (χ3v) is 3.98. The van der Waals surface area contributed by atoms with E-state index in [1.54, 1.807) is 31.3 Å². The number of hydrogen-bond donors (Lipinski definition) is 0. The van der Waals surface area contributed by atoms with E-state index in [2.05, 4.69) is 15.9 Å². The van der Waals surface area contributed by atoms with Gasteiger partial charge in [-0.2, -0.15) is 0 Å². The van der Waals surface area contributed by atoms with Crippen LogP contribution in [0.1, 0.15) is 21.5 Å². The molecule has 1 amide bonds. The van der Waals surface area contributed by atoms with Crippen LogP contribution in [0.4, 0.5) is 5.69 Å². The summed E-state index contributed by atoms with van der Waals surface area (Å²) in [6.45, 7) is 1.97. The number of ketones is 1. The average molecular weight is 332 g/mol. The van der Waals surface area contributed by atoms with Crippen LogP contribution in [0.25, 0.3) is 0 Å². The predicted octanol–water partition coefficient (Wildman–Crippen LogP) is 3.58. The summed E-state index contributed by atoms with van der Waals surface area (Å²) in [5.41, 5.74) is 3.08. The maximum Gasteiger partial charge on any atom is 0.213 e. The van der Waals surface area contributed by atoms with Crippen molar-refractivity contribution in [3.63, 3.8) is 0 Å². The molecule has 0 aliphatic heterocycles. The monoisotopic (exact) mass is 331 g/mol. The fourth-order valence-electron chi connectivity index (χ4n) is 1.81. The summed E-state index contributed by atoms with van der Waals surface area (Å²) in [5, 5.41) is 0. The minimum absolute atomic E-state index is 0.0361. The fourth-order valence-corrected chi connectivity index (χ4v) is 2.19. The standard InChI is InChI=1S/C16H14BrNO2/c1-11-3-4-13(9-15(11)17)16(20)12-5-7-14(8-6-12)18(2)10-19/h3-10H,1-2H3. The number of halogens is 1. The molecular weight excluding hydrogens is 318 g/mol. The zero-order valence-corrected chi connectivity index (χ0v) is 12.8. The van der Waals surface area contributed by atoms with Gasteiger partial charge in [-0.25, -0.2) is 0 Å². The molecule has 0 bridgehead atoms. The van der Waals surface area contributed by atoms with E-state index in [0.29, 0.717) is 11.1 Å². The van der Waals surface area contributed by atoms with Crippen LogP contribution in [-0.2, 0) is 4.79 Å². The lowest BCUT2D eigenvalue weighted by Crippen LogP contribution is -2.13. The first-order valence-corrected chi connectivity index (χ1v) is 6.91. The van der Waals surface area contributed by atoms with Gasteiger partial charge in [-0.1, -0.05) is 28.1 Å². The second kappa shape index (κ2) is 6.01. The van der Waals surface area contributed by atoms with Crippen molar-refractivity contribution in [2.45, 2.75) is 6.92 Å². The van der Waals surface area contributed by atoms with Crippen molar-refractivity contribution >= 4 is 33.8 Å². The molecule has 0 saturated heterocycles. The minimum atomic E-state index is -0.0361. The van der Waals surface area contributed by atoms with Gasteiger partial charge >= 0.3 is 0 Å². The first kappa shape index (κ1) is 14.5. The highest BCUT2D eigenvalue weighted by atomic mass is 79.9. The molecule has 4 heteroatoms. The Kier molecular flexibility index (Phi) is 4.35. The highest BCUT2D eigenvalue weighted by molar-refractivity contribution is 9.10. The van der Waals surface area contributed by atoms with Gasteiger partial charge in [0.05, 0.1) is 0 Å². The van der Waals surface area contributed by atoms with E-state index in [9.17, 15) is 9.59 Å². The van der Waals surface area contributed by atoms with Gasteiger partial charge in [-0.3, -0.25) is 9.59 Å². The quantitative estimate of drug-likeness (QED) is 0.634. The number of carbonyl (C=O) groups is 2. The Morgan fingerprint density at radius 2 is 1.70 bits per heavy atom. The molecule has 0 spiro atoms. The van der Waals surface area contributed by atoms with Crippen LogP contribution >= 0.6 is 15.9 Å². The second-order valence-electron chi connectivity index (χ2n) is 4.56. The Bertz CT molecular complexity index is 650. The molecule has 0 unspecified atom stereocenters. The van der Waals surface area contributed by atoms with E-state index < -0.39 is 0 Å². The van der Waals surface area contributed by atoms with E-state index >= 15 is 0 Å². The molecule has 0 atom stereocenters. The van der Waals surface area contributed by atoms with E-state index in [-0.39, 0.29) is 5.78 Å². The SMILES string of the molecule is Cc1ccc(C(=O)c2ccc(N(C)C=O)cc2)cc1Br. The molecule has 0 N–H and O–H groups in total. The van der Waals surface area contributed by atoms with Crippen LogP contribution in [0, 0.1) is 6.92 Å². The summed E-state index contributed by atoms with van der Waals surface area (Å²) in [4.78, 5) is 24.5. The summed E-state index contributed by atoms with van der Waals surface area (Å²) in [6.07, 6.45) is 0.730. The van der Waals surface area contributed by atoms with E-state index in [0.717, 1.165) is 22.1 Å². The number of carbonyl (C=O) groups excluding carboxylic acids is 2. The van der Waals surface area contributed by atoms with Gasteiger partial charge in [0, 0.05) is 28.3 Å². The molecule has 2 aromatic rings. The lowest BCUT2D eigenvalue weighted by atomic mass is 10.0. The first-order valence-electron chi connectivity index (χ1n) is 6.12. The van der Waals surface area contributed by atoms with Crippen molar-refractivity contribution in [2.24, 2.45) is 0 Å². The lowest BCUT2D eigenvalue weighted by molar-refractivity contribution is -0.107. The molecule has 0 saturated carbocycles. The Hall–Kier alpha value is -1.94. The van der Waals surface area contributed by atoms with Crippen molar-refractivity contribution < 1.29 is 9.59 Å². The summed E-state index contributed by atoms with van der Waals surface area (Å²) in [6, 6.07) is 12.5. The van der Waals surface area contributed by atoms with Gasteiger partial charge in [0.1, 0.15) is 0 Å². The zero-order valence-electron chi connectivity index (χ0n) is 11.3. The van der Waals surface area contributed by atoms with Crippen molar-refractivity contribution in [3.8, 4) is 0 Å². The number of benzene rings is 2. The van der Waals surface area contributed by atoms with Crippen LogP contribution in [-0.4, -0.2) is 19.2 Å². The lowest BCUT2D eigenvalue weighted by Gasteiger charge is -2.11. The normalized spacial score (nSPS) is 10.2. The van der Waals surface area contributed by atoms with Gasteiger partial charge in [0.15, 0.2) is 5.78 Å². The molecule has 2 rings (SSSR count). The van der Waals surface area contributed by atoms with Crippen LogP contribution in [0.5, 0.6) is 0 Å². The van der Waals surface area contributed by atoms with Crippen LogP contribution in [0.2, 0.25) is 0 Å². The number of nitrogens with zero attached hydrogens (tertiary/aromatic N) is 1. The van der Waals surface area contributed by atoms with Gasteiger partial charge in [-0.05, 0) is 42.8 Å². The van der Waals surface area contributed by atoms with Crippen LogP contribution < -0.4 is 4.90 Å². The Morgan fingerprint density at radius 3 is 2.25 bits per heavy atom. The summed E-state index contributed by atoms with van der Waals surface area (Å²) >= 11 is 3.43. The Labute approximate surface area is 126 Å². The van der Waals surface area contributed by atoms with Crippen molar-refractivity contribution in [2.75, 3.05) is 11.9 Å². The average Bonchev–Trinajstić information content (AvgIpc) is 2.48. The molecule has 0 aliphatic rings. The van der Waals surface area contributed by atoms with Gasteiger partial charge < -0.3 is 4.90 Å². The molecule has 20 heavy (non-hydrogen) atoms. The third kappa shape index (κ3) is 2.96. The molecular formula is C16H14BrNO2. The number of amides is 1. The van der Waals surface area contributed by atoms with E-state index in [1.807, 2.05) is 25.1 Å². The maximum absolute atomic E-state index is 12.4. The molecule has 3 nitrogen and oxygen atoms in total. The van der Waals surface area contributed by atoms with E-state index in [4.69, 9.17) is 0 Å². The molecule has 2 aromatic carbocycles. The van der Waals surface area contributed by atoms with Gasteiger partial charge in [0.2, 0.25) is 6.41 Å². The summed E-state index contributed by atoms with van der Waals surface area (Å²) in [5.74, 6) is -0.0361. The number of rotatable bonds is 4. The first-order chi connectivity index (χ1) is 9.52. The number of hydrogen-bond acceptors (Lipinski definition) is 2. The smallest absolute Gasteiger partial charge is 0.213 e. The number of anilines is 1. The molecule has 0 aromatic heterocycles. The van der Waals surface area contributed by atoms with Crippen LogP contribution in [0.15, 0.2) is 46.9 Å². The maximum atomic E-state index is 12.4. The molecule has 0 heterocycles. The summed E-state index contributed by atoms with van der Waals surface area (Å²) in [7, 11) is 1.67. The second-order valence-corrected chi connectivity index (χ2v) is 5.41. The fraction of sp³-hybridized carbons (Fsp3) is 0.125. The largest absolute Gasteiger partial charge is 0.318 e. The van der Waals surface area contributed by atoms with Crippen molar-refractivity contribution in [3.05, 3.63) is 63.6 Å². The Balaban J connectivity index is 2.29. The summed E-state index contributed by atoms with van der Waals surface area (Å²) < 4.78 is 0.917. The number of aryl methyl sites for hydroxylation is 1. The minimum Gasteiger partial charge on any atom is -0.318 e. The topological polar surface area (TPSA) is 37.4 Å². The van der Waals surface area contributed by atoms with Crippen LogP contribution in [0.3, 0.4) is 0 Å². The highest BCUT2D eigenvalue weighted by Gasteiger charge is 2.10. The van der Waals surface area contributed by atoms with Crippen molar-refractivity contribution in [1.29, 1.82) is 0 Å². The van der Waals surface area contributed by atoms with Gasteiger partial charge in [-0.15, -0.1) is 0 Å². The van der Waals surface area contributed by atoms with Crippen molar-refractivity contribution in [1.82, 2.24) is 0 Å². The third-order valence-electron chi connectivity index (χ3n) is 3.13. The molecule has 0 aliphatic carbocycles.